The molecule has 1 rings (SSSR count). The minimum absolute atomic E-state index is 0.359. The predicted molar refractivity (Wildman–Crippen MR) is 59.2 cm³/mol. The first-order valence-corrected chi connectivity index (χ1v) is 6.43. The van der Waals surface area contributed by atoms with Crippen LogP contribution in [-0.4, -0.2) is 31.2 Å². The van der Waals surface area contributed by atoms with E-state index in [0.29, 0.717) is 6.07 Å². The summed E-state index contributed by atoms with van der Waals surface area (Å²) in [5.41, 5.74) is 4.08. The van der Waals surface area contributed by atoms with Crippen molar-refractivity contribution >= 4 is 21.7 Å². The summed E-state index contributed by atoms with van der Waals surface area (Å²) in [6.45, 7) is 0. The Bertz CT molecular complexity index is 596. The van der Waals surface area contributed by atoms with E-state index in [-0.39, 0.29) is 11.3 Å². The lowest BCUT2D eigenvalue weighted by Crippen LogP contribution is -2.17. The van der Waals surface area contributed by atoms with E-state index in [2.05, 4.69) is 0 Å². The minimum atomic E-state index is -3.86. The topological polar surface area (TPSA) is 115 Å². The molecule has 0 saturated heterocycles. The highest BCUT2D eigenvalue weighted by atomic mass is 32.2. The molecular weight excluding hydrogens is 265 g/mol. The number of carbonyl (C=O) groups is 2. The molecule has 0 aromatic heterocycles. The van der Waals surface area contributed by atoms with E-state index in [1.54, 1.807) is 0 Å². The Hall–Kier alpha value is -1.96. The molecule has 0 fully saturated rings. The average Bonchev–Trinajstić information content (AvgIpc) is 2.26. The van der Waals surface area contributed by atoms with Crippen LogP contribution in [0.4, 0.5) is 4.39 Å². The Morgan fingerprint density at radius 1 is 1.33 bits per heavy atom. The number of sulfone groups is 1. The molecular formula is C10H10FNO5S. The van der Waals surface area contributed by atoms with Gasteiger partial charge in [-0.1, -0.05) is 0 Å². The normalized spacial score (nSPS) is 11.2. The van der Waals surface area contributed by atoms with Crippen LogP contribution in [0.2, 0.25) is 0 Å². The molecule has 1 aromatic rings. The number of rotatable bonds is 5. The van der Waals surface area contributed by atoms with Crippen molar-refractivity contribution < 1.29 is 27.5 Å². The van der Waals surface area contributed by atoms with Gasteiger partial charge in [0, 0.05) is 6.42 Å². The number of aromatic carboxylic acids is 1. The molecule has 0 unspecified atom stereocenters. The summed E-state index contributed by atoms with van der Waals surface area (Å²) >= 11 is 0. The fourth-order valence-corrected chi connectivity index (χ4v) is 2.49. The SMILES string of the molecule is NC(=O)CCS(=O)(=O)c1ccc(F)c(C(=O)O)c1. The van der Waals surface area contributed by atoms with Gasteiger partial charge in [-0.3, -0.25) is 4.79 Å². The van der Waals surface area contributed by atoms with Gasteiger partial charge in [0.05, 0.1) is 16.2 Å². The van der Waals surface area contributed by atoms with Crippen LogP contribution in [0.1, 0.15) is 16.8 Å². The van der Waals surface area contributed by atoms with E-state index in [0.717, 1.165) is 12.1 Å². The lowest BCUT2D eigenvalue weighted by molar-refractivity contribution is -0.117. The average molecular weight is 275 g/mol. The van der Waals surface area contributed by atoms with Crippen molar-refractivity contribution in [1.82, 2.24) is 0 Å². The Kier molecular flexibility index (Phi) is 4.02. The van der Waals surface area contributed by atoms with Gasteiger partial charge < -0.3 is 10.8 Å². The fraction of sp³-hybridized carbons (Fsp3) is 0.200. The molecule has 0 aliphatic carbocycles. The first-order valence-electron chi connectivity index (χ1n) is 4.78. The van der Waals surface area contributed by atoms with Gasteiger partial charge in [0.2, 0.25) is 5.91 Å². The molecule has 1 aromatic carbocycles. The molecule has 0 spiro atoms. The second-order valence-corrected chi connectivity index (χ2v) is 5.59. The van der Waals surface area contributed by atoms with E-state index in [9.17, 15) is 22.4 Å². The summed E-state index contributed by atoms with van der Waals surface area (Å²) in [5, 5.41) is 8.67. The van der Waals surface area contributed by atoms with Crippen molar-refractivity contribution in [3.63, 3.8) is 0 Å². The molecule has 0 aliphatic rings. The van der Waals surface area contributed by atoms with Gasteiger partial charge >= 0.3 is 5.97 Å². The van der Waals surface area contributed by atoms with Gasteiger partial charge in [0.1, 0.15) is 5.82 Å². The minimum Gasteiger partial charge on any atom is -0.478 e. The molecule has 0 saturated carbocycles. The Morgan fingerprint density at radius 2 is 1.94 bits per heavy atom. The van der Waals surface area contributed by atoms with Crippen LogP contribution in [0, 0.1) is 5.82 Å². The van der Waals surface area contributed by atoms with E-state index in [1.165, 1.54) is 0 Å². The van der Waals surface area contributed by atoms with Crippen LogP contribution >= 0.6 is 0 Å². The van der Waals surface area contributed by atoms with Crippen molar-refractivity contribution in [3.8, 4) is 0 Å². The Labute approximate surface area is 102 Å². The van der Waals surface area contributed by atoms with Crippen LogP contribution in [0.3, 0.4) is 0 Å². The number of amides is 1. The number of hydrogen-bond acceptors (Lipinski definition) is 4. The van der Waals surface area contributed by atoms with Gasteiger partial charge in [-0.25, -0.2) is 17.6 Å². The number of carbonyl (C=O) groups excluding carboxylic acids is 1. The molecule has 3 N–H and O–H groups in total. The number of hydrogen-bond donors (Lipinski definition) is 2. The summed E-state index contributed by atoms with van der Waals surface area (Å²) in [7, 11) is -3.86. The number of carboxylic acids is 1. The Balaban J connectivity index is 3.14. The van der Waals surface area contributed by atoms with Gasteiger partial charge in [0.15, 0.2) is 9.84 Å². The van der Waals surface area contributed by atoms with Crippen LogP contribution in [0.25, 0.3) is 0 Å². The summed E-state index contributed by atoms with van der Waals surface area (Å²) in [6.07, 6.45) is -0.387. The molecule has 0 aliphatic heterocycles. The summed E-state index contributed by atoms with van der Waals surface area (Å²) in [5.74, 6) is -3.94. The molecule has 0 radical (unpaired) electrons. The number of carboxylic acid groups (broad SMARTS) is 1. The second-order valence-electron chi connectivity index (χ2n) is 3.48. The zero-order valence-electron chi connectivity index (χ0n) is 9.09. The Morgan fingerprint density at radius 3 is 2.44 bits per heavy atom. The quantitative estimate of drug-likeness (QED) is 0.743. The van der Waals surface area contributed by atoms with Gasteiger partial charge in [-0.05, 0) is 18.2 Å². The van der Waals surface area contributed by atoms with Crippen molar-refractivity contribution in [2.24, 2.45) is 5.73 Å². The zero-order valence-corrected chi connectivity index (χ0v) is 9.91. The summed E-state index contributed by atoms with van der Waals surface area (Å²) in [6, 6.07) is 2.41. The van der Waals surface area contributed by atoms with Crippen molar-refractivity contribution in [1.29, 1.82) is 0 Å². The maximum Gasteiger partial charge on any atom is 0.338 e. The number of benzene rings is 1. The smallest absolute Gasteiger partial charge is 0.338 e. The standard InChI is InChI=1S/C10H10FNO5S/c11-8-2-1-6(5-7(8)10(14)15)18(16,17)4-3-9(12)13/h1-2,5H,3-4H2,(H2,12,13)(H,14,15). The van der Waals surface area contributed by atoms with E-state index >= 15 is 0 Å². The lowest BCUT2D eigenvalue weighted by Gasteiger charge is -2.05. The molecule has 0 atom stereocenters. The molecule has 1 amide bonds. The summed E-state index contributed by atoms with van der Waals surface area (Å²) < 4.78 is 36.5. The third-order valence-electron chi connectivity index (χ3n) is 2.14. The predicted octanol–water partition coefficient (Wildman–Crippen LogP) is 0.173. The van der Waals surface area contributed by atoms with Crippen molar-refractivity contribution in [2.45, 2.75) is 11.3 Å². The van der Waals surface area contributed by atoms with Crippen LogP contribution in [0.5, 0.6) is 0 Å². The van der Waals surface area contributed by atoms with Gasteiger partial charge in [-0.2, -0.15) is 0 Å². The summed E-state index contributed by atoms with van der Waals surface area (Å²) in [4.78, 5) is 20.8. The second kappa shape index (κ2) is 5.13. The third kappa shape index (κ3) is 3.27. The molecule has 8 heteroatoms. The molecule has 98 valence electrons. The van der Waals surface area contributed by atoms with Crippen molar-refractivity contribution in [2.75, 3.05) is 5.75 Å². The number of nitrogens with two attached hydrogens (primary N) is 1. The number of primary amides is 1. The van der Waals surface area contributed by atoms with E-state index < -0.39 is 38.8 Å². The fourth-order valence-electron chi connectivity index (χ4n) is 1.21. The monoisotopic (exact) mass is 275 g/mol. The van der Waals surface area contributed by atoms with Crippen LogP contribution in [0.15, 0.2) is 23.1 Å². The van der Waals surface area contributed by atoms with Crippen molar-refractivity contribution in [3.05, 3.63) is 29.6 Å². The maximum absolute atomic E-state index is 13.1. The third-order valence-corrected chi connectivity index (χ3v) is 3.86. The first-order chi connectivity index (χ1) is 8.24. The highest BCUT2D eigenvalue weighted by molar-refractivity contribution is 7.91. The van der Waals surface area contributed by atoms with E-state index in [1.807, 2.05) is 0 Å². The maximum atomic E-state index is 13.1. The number of halogens is 1. The van der Waals surface area contributed by atoms with Gasteiger partial charge in [-0.15, -0.1) is 0 Å². The molecule has 6 nitrogen and oxygen atoms in total. The van der Waals surface area contributed by atoms with E-state index in [4.69, 9.17) is 10.8 Å². The van der Waals surface area contributed by atoms with Crippen LogP contribution < -0.4 is 5.73 Å². The highest BCUT2D eigenvalue weighted by Gasteiger charge is 2.19. The largest absolute Gasteiger partial charge is 0.478 e. The first kappa shape index (κ1) is 14.1. The van der Waals surface area contributed by atoms with Crippen LogP contribution in [-0.2, 0) is 14.6 Å². The molecule has 0 heterocycles. The zero-order chi connectivity index (χ0) is 13.9. The van der Waals surface area contributed by atoms with Gasteiger partial charge in [0.25, 0.3) is 0 Å². The lowest BCUT2D eigenvalue weighted by atomic mass is 10.2. The molecule has 18 heavy (non-hydrogen) atoms. The molecule has 0 bridgehead atoms. The highest BCUT2D eigenvalue weighted by Crippen LogP contribution is 2.17.